The van der Waals surface area contributed by atoms with Crippen molar-refractivity contribution in [3.63, 3.8) is 0 Å². The van der Waals surface area contributed by atoms with Crippen LogP contribution in [-0.4, -0.2) is 56.5 Å². The quantitative estimate of drug-likeness (QED) is 0.370. The molecule has 0 radical (unpaired) electrons. The first kappa shape index (κ1) is 21.0. The first-order valence-electron chi connectivity index (χ1n) is 10.1. The largest absolute Gasteiger partial charge is 0.378 e. The van der Waals surface area contributed by atoms with Gasteiger partial charge in [0, 0.05) is 38.9 Å². The van der Waals surface area contributed by atoms with Crippen LogP contribution in [0.25, 0.3) is 11.1 Å². The van der Waals surface area contributed by atoms with E-state index in [1.807, 2.05) is 47.4 Å². The van der Waals surface area contributed by atoms with Gasteiger partial charge in [-0.1, -0.05) is 59.8 Å². The molecule has 1 fully saturated rings. The third kappa shape index (κ3) is 4.32. The van der Waals surface area contributed by atoms with E-state index < -0.39 is 5.79 Å². The Kier molecular flexibility index (Phi) is 6.31. The van der Waals surface area contributed by atoms with Gasteiger partial charge in [-0.3, -0.25) is 0 Å². The molecule has 8 heteroatoms. The van der Waals surface area contributed by atoms with Gasteiger partial charge in [-0.2, -0.15) is 4.99 Å². The van der Waals surface area contributed by atoms with E-state index in [0.717, 1.165) is 16.7 Å². The number of rotatable bonds is 6. The first-order valence-corrected chi connectivity index (χ1v) is 10.1. The third-order valence-electron chi connectivity index (χ3n) is 5.34. The van der Waals surface area contributed by atoms with Gasteiger partial charge in [0.1, 0.15) is 5.69 Å². The number of hydrogen-bond acceptors (Lipinski definition) is 6. The summed E-state index contributed by atoms with van der Waals surface area (Å²) < 4.78 is 22.3. The molecule has 162 valence electrons. The summed E-state index contributed by atoms with van der Waals surface area (Å²) in [5.41, 5.74) is 9.56. The number of guanidine groups is 1. The van der Waals surface area contributed by atoms with Gasteiger partial charge in [0.25, 0.3) is 5.88 Å². The lowest BCUT2D eigenvalue weighted by Gasteiger charge is -2.29. The maximum absolute atomic E-state index is 6.12. The van der Waals surface area contributed by atoms with Gasteiger partial charge in [-0.15, -0.1) is 0 Å². The number of methoxy groups -OCH3 is 2. The zero-order valence-corrected chi connectivity index (χ0v) is 17.7. The fourth-order valence-electron chi connectivity index (χ4n) is 3.64. The number of hydrogen-bond donors (Lipinski definition) is 1. The SMILES string of the molecule is COC(OC)(c1ccc(-c2ccccc2)cc1)c1cc(/N=C(/N)N2CCOCC2)on1. The Bertz CT molecular complexity index is 1010. The summed E-state index contributed by atoms with van der Waals surface area (Å²) in [6.07, 6.45) is 0. The normalized spacial score (nSPS) is 15.3. The van der Waals surface area contributed by atoms with E-state index in [1.165, 1.54) is 0 Å². The molecule has 1 aliphatic heterocycles. The summed E-state index contributed by atoms with van der Waals surface area (Å²) in [7, 11) is 3.13. The van der Waals surface area contributed by atoms with E-state index in [1.54, 1.807) is 20.3 Å². The van der Waals surface area contributed by atoms with Gasteiger partial charge in [0.2, 0.25) is 5.79 Å². The van der Waals surface area contributed by atoms with E-state index in [-0.39, 0.29) is 5.88 Å². The second-order valence-electron chi connectivity index (χ2n) is 7.09. The predicted molar refractivity (Wildman–Crippen MR) is 117 cm³/mol. The third-order valence-corrected chi connectivity index (χ3v) is 5.34. The van der Waals surface area contributed by atoms with Gasteiger partial charge in [-0.25, -0.2) is 0 Å². The zero-order chi connectivity index (χ0) is 21.7. The Labute approximate surface area is 181 Å². The molecule has 0 aliphatic carbocycles. The van der Waals surface area contributed by atoms with Crippen molar-refractivity contribution in [1.82, 2.24) is 10.1 Å². The van der Waals surface area contributed by atoms with Gasteiger partial charge in [0.05, 0.1) is 13.2 Å². The number of aliphatic imine (C=N–C) groups is 1. The zero-order valence-electron chi connectivity index (χ0n) is 17.7. The fraction of sp³-hybridized carbons (Fsp3) is 0.304. The fourth-order valence-corrected chi connectivity index (χ4v) is 3.64. The molecule has 8 nitrogen and oxygen atoms in total. The minimum atomic E-state index is -1.24. The summed E-state index contributed by atoms with van der Waals surface area (Å²) in [6, 6.07) is 19.8. The highest BCUT2D eigenvalue weighted by Crippen LogP contribution is 2.36. The number of benzene rings is 2. The molecule has 1 saturated heterocycles. The molecule has 1 aromatic heterocycles. The van der Waals surface area contributed by atoms with Gasteiger partial charge < -0.3 is 29.4 Å². The molecule has 0 spiro atoms. The van der Waals surface area contributed by atoms with Crippen molar-refractivity contribution in [1.29, 1.82) is 0 Å². The molecule has 0 unspecified atom stereocenters. The standard InChI is InChI=1S/C23H26N4O4/c1-28-23(29-2,19-10-8-18(9-11-19)17-6-4-3-5-7-17)20-16-21(31-26-20)25-22(24)27-12-14-30-15-13-27/h3-11,16H,12-15H2,1-2H3,(H2,24,25). The maximum Gasteiger partial charge on any atom is 0.254 e. The van der Waals surface area contributed by atoms with E-state index >= 15 is 0 Å². The van der Waals surface area contributed by atoms with Crippen LogP contribution in [-0.2, 0) is 20.0 Å². The highest BCUT2D eigenvalue weighted by Gasteiger charge is 2.38. The number of ether oxygens (including phenoxy) is 3. The lowest BCUT2D eigenvalue weighted by Crippen LogP contribution is -2.44. The van der Waals surface area contributed by atoms with E-state index in [4.69, 9.17) is 24.5 Å². The predicted octanol–water partition coefficient (Wildman–Crippen LogP) is 3.11. The van der Waals surface area contributed by atoms with Crippen molar-refractivity contribution in [3.8, 4) is 11.1 Å². The monoisotopic (exact) mass is 422 g/mol. The summed E-state index contributed by atoms with van der Waals surface area (Å²) in [6.45, 7) is 2.61. The van der Waals surface area contributed by atoms with Gasteiger partial charge in [-0.05, 0) is 11.1 Å². The number of morpholine rings is 1. The summed E-state index contributed by atoms with van der Waals surface area (Å²) in [5, 5.41) is 4.15. The van der Waals surface area contributed by atoms with Crippen molar-refractivity contribution in [3.05, 3.63) is 71.9 Å². The Morgan fingerprint density at radius 3 is 2.29 bits per heavy atom. The van der Waals surface area contributed by atoms with Crippen molar-refractivity contribution in [2.45, 2.75) is 5.79 Å². The first-order chi connectivity index (χ1) is 15.2. The molecule has 3 aromatic rings. The number of nitrogens with two attached hydrogens (primary N) is 1. The molecular weight excluding hydrogens is 396 g/mol. The molecule has 2 aromatic carbocycles. The van der Waals surface area contributed by atoms with Crippen LogP contribution >= 0.6 is 0 Å². The molecule has 0 amide bonds. The smallest absolute Gasteiger partial charge is 0.254 e. The summed E-state index contributed by atoms with van der Waals surface area (Å²) in [5.74, 6) is -0.600. The van der Waals surface area contributed by atoms with Crippen LogP contribution in [0.15, 0.2) is 70.2 Å². The van der Waals surface area contributed by atoms with Crippen molar-refractivity contribution in [2.24, 2.45) is 10.7 Å². The summed E-state index contributed by atoms with van der Waals surface area (Å²) >= 11 is 0. The summed E-state index contributed by atoms with van der Waals surface area (Å²) in [4.78, 5) is 6.30. The van der Waals surface area contributed by atoms with E-state index in [0.29, 0.717) is 38.0 Å². The highest BCUT2D eigenvalue weighted by atomic mass is 16.7. The molecule has 2 heterocycles. The van der Waals surface area contributed by atoms with Crippen molar-refractivity contribution < 1.29 is 18.7 Å². The Morgan fingerprint density at radius 1 is 1.00 bits per heavy atom. The molecule has 0 saturated carbocycles. The molecule has 0 atom stereocenters. The maximum atomic E-state index is 6.12. The van der Waals surface area contributed by atoms with E-state index in [9.17, 15) is 0 Å². The van der Waals surface area contributed by atoms with Gasteiger partial charge in [0.15, 0.2) is 5.96 Å². The molecule has 0 bridgehead atoms. The molecule has 1 aliphatic rings. The van der Waals surface area contributed by atoms with Crippen molar-refractivity contribution >= 4 is 11.8 Å². The lowest BCUT2D eigenvalue weighted by atomic mass is 9.98. The van der Waals surface area contributed by atoms with Crippen LogP contribution < -0.4 is 5.73 Å². The van der Waals surface area contributed by atoms with Crippen LogP contribution in [0.3, 0.4) is 0 Å². The number of nitrogens with zero attached hydrogens (tertiary/aromatic N) is 3. The van der Waals surface area contributed by atoms with Crippen LogP contribution in [0.1, 0.15) is 11.3 Å². The lowest BCUT2D eigenvalue weighted by molar-refractivity contribution is -0.187. The second kappa shape index (κ2) is 9.30. The van der Waals surface area contributed by atoms with E-state index in [2.05, 4.69) is 22.3 Å². The molecular formula is C23H26N4O4. The van der Waals surface area contributed by atoms with Crippen molar-refractivity contribution in [2.75, 3.05) is 40.5 Å². The van der Waals surface area contributed by atoms with Crippen LogP contribution in [0.4, 0.5) is 5.88 Å². The Balaban J connectivity index is 1.61. The second-order valence-corrected chi connectivity index (χ2v) is 7.09. The molecule has 2 N–H and O–H groups in total. The average Bonchev–Trinajstić information content (AvgIpc) is 3.30. The number of aromatic nitrogens is 1. The minimum Gasteiger partial charge on any atom is -0.378 e. The van der Waals surface area contributed by atoms with Crippen LogP contribution in [0.2, 0.25) is 0 Å². The van der Waals surface area contributed by atoms with Crippen LogP contribution in [0, 0.1) is 0 Å². The molecule has 31 heavy (non-hydrogen) atoms. The average molecular weight is 422 g/mol. The Morgan fingerprint density at radius 2 is 1.65 bits per heavy atom. The minimum absolute atomic E-state index is 0.276. The van der Waals surface area contributed by atoms with Gasteiger partial charge >= 0.3 is 0 Å². The highest BCUT2D eigenvalue weighted by molar-refractivity contribution is 5.80. The topological polar surface area (TPSA) is 95.3 Å². The molecule has 4 rings (SSSR count). The van der Waals surface area contributed by atoms with Crippen LogP contribution in [0.5, 0.6) is 0 Å². The Hall–Kier alpha value is -3.20.